The molecule has 112 valence electrons. The van der Waals surface area contributed by atoms with Gasteiger partial charge in [-0.3, -0.25) is 4.79 Å². The molecule has 1 atom stereocenters. The summed E-state index contributed by atoms with van der Waals surface area (Å²) in [4.78, 5) is 13.8. The van der Waals surface area contributed by atoms with Crippen molar-refractivity contribution in [3.63, 3.8) is 0 Å². The van der Waals surface area contributed by atoms with Gasteiger partial charge < -0.3 is 10.0 Å². The van der Waals surface area contributed by atoms with Gasteiger partial charge in [-0.1, -0.05) is 35.0 Å². The fraction of sp³-hybridized carbons (Fsp3) is 0.400. The number of nitrogens with zero attached hydrogens (tertiary/aromatic N) is 4. The minimum atomic E-state index is -0.681. The van der Waals surface area contributed by atoms with Gasteiger partial charge in [0.25, 0.3) is 0 Å². The van der Waals surface area contributed by atoms with Crippen LogP contribution in [0.25, 0.3) is 0 Å². The van der Waals surface area contributed by atoms with Crippen molar-refractivity contribution in [1.29, 1.82) is 0 Å². The van der Waals surface area contributed by atoms with Crippen molar-refractivity contribution in [2.75, 3.05) is 7.05 Å². The van der Waals surface area contributed by atoms with E-state index in [9.17, 15) is 9.90 Å². The molecule has 6 heteroatoms. The molecule has 2 rings (SSSR count). The summed E-state index contributed by atoms with van der Waals surface area (Å²) in [6.45, 7) is 4.31. The number of aryl methyl sites for hydroxylation is 1. The number of rotatable bonds is 5. The third kappa shape index (κ3) is 4.13. The lowest BCUT2D eigenvalue weighted by atomic mass is 10.1. The van der Waals surface area contributed by atoms with Crippen LogP contribution in [0.15, 0.2) is 30.5 Å². The van der Waals surface area contributed by atoms with E-state index < -0.39 is 6.10 Å². The maximum Gasteiger partial charge on any atom is 0.244 e. The predicted molar refractivity (Wildman–Crippen MR) is 78.3 cm³/mol. The molecule has 1 N–H and O–H groups in total. The molecule has 1 heterocycles. The van der Waals surface area contributed by atoms with Crippen LogP contribution in [0.5, 0.6) is 0 Å². The van der Waals surface area contributed by atoms with Crippen LogP contribution in [0.3, 0.4) is 0 Å². The molecule has 21 heavy (non-hydrogen) atoms. The van der Waals surface area contributed by atoms with Gasteiger partial charge in [-0.15, -0.1) is 5.10 Å². The second-order valence-corrected chi connectivity index (χ2v) is 5.25. The van der Waals surface area contributed by atoms with Gasteiger partial charge in [0.2, 0.25) is 5.91 Å². The van der Waals surface area contributed by atoms with E-state index in [2.05, 4.69) is 10.3 Å². The number of benzene rings is 1. The number of hydrogen-bond acceptors (Lipinski definition) is 4. The van der Waals surface area contributed by atoms with Crippen molar-refractivity contribution >= 4 is 5.91 Å². The topological polar surface area (TPSA) is 71.2 Å². The number of likely N-dealkylation sites (N-methyl/N-ethyl adjacent to an activating group) is 1. The molecule has 1 aromatic heterocycles. The zero-order valence-corrected chi connectivity index (χ0v) is 12.5. The molecule has 0 saturated carbocycles. The first-order valence-corrected chi connectivity index (χ1v) is 6.83. The average Bonchev–Trinajstić information content (AvgIpc) is 2.90. The summed E-state index contributed by atoms with van der Waals surface area (Å²) in [6.07, 6.45) is 0.904. The van der Waals surface area contributed by atoms with E-state index in [0.29, 0.717) is 12.2 Å². The van der Waals surface area contributed by atoms with E-state index >= 15 is 0 Å². The smallest absolute Gasteiger partial charge is 0.244 e. The summed E-state index contributed by atoms with van der Waals surface area (Å²) in [7, 11) is 1.76. The Morgan fingerprint density at radius 3 is 2.62 bits per heavy atom. The zero-order chi connectivity index (χ0) is 15.4. The van der Waals surface area contributed by atoms with Gasteiger partial charge in [-0.25, -0.2) is 4.68 Å². The number of carbonyl (C=O) groups is 1. The molecular formula is C15H20N4O2. The SMILES string of the molecule is Cc1ccc(CN(C)C(=O)Cn2cc(C(C)O)nn2)cc1. The third-order valence-electron chi connectivity index (χ3n) is 3.25. The zero-order valence-electron chi connectivity index (χ0n) is 12.5. The van der Waals surface area contributed by atoms with Crippen LogP contribution in [-0.2, 0) is 17.9 Å². The molecule has 0 radical (unpaired) electrons. The van der Waals surface area contributed by atoms with Crippen molar-refractivity contribution in [2.45, 2.75) is 33.0 Å². The lowest BCUT2D eigenvalue weighted by Crippen LogP contribution is -2.30. The van der Waals surface area contributed by atoms with Crippen LogP contribution < -0.4 is 0 Å². The summed E-state index contributed by atoms with van der Waals surface area (Å²) >= 11 is 0. The van der Waals surface area contributed by atoms with Gasteiger partial charge in [0, 0.05) is 13.6 Å². The molecule has 6 nitrogen and oxygen atoms in total. The molecule has 0 saturated heterocycles. The molecule has 0 bridgehead atoms. The van der Waals surface area contributed by atoms with E-state index in [1.54, 1.807) is 25.1 Å². The third-order valence-corrected chi connectivity index (χ3v) is 3.25. The van der Waals surface area contributed by atoms with Crippen molar-refractivity contribution < 1.29 is 9.90 Å². The summed E-state index contributed by atoms with van der Waals surface area (Å²) in [6, 6.07) is 8.08. The van der Waals surface area contributed by atoms with E-state index in [-0.39, 0.29) is 12.5 Å². The number of hydrogen-bond donors (Lipinski definition) is 1. The Kier molecular flexibility index (Phi) is 4.70. The first-order chi connectivity index (χ1) is 9.95. The molecule has 1 aromatic carbocycles. The lowest BCUT2D eigenvalue weighted by Gasteiger charge is -2.17. The summed E-state index contributed by atoms with van der Waals surface area (Å²) in [5.74, 6) is -0.0578. The Balaban J connectivity index is 1.94. The largest absolute Gasteiger partial charge is 0.387 e. The lowest BCUT2D eigenvalue weighted by molar-refractivity contribution is -0.131. The molecule has 0 aliphatic heterocycles. The Hall–Kier alpha value is -2.21. The van der Waals surface area contributed by atoms with Crippen molar-refractivity contribution in [3.05, 3.63) is 47.3 Å². The number of aromatic nitrogens is 3. The molecule has 2 aromatic rings. The average molecular weight is 288 g/mol. The van der Waals surface area contributed by atoms with Crippen LogP contribution in [0.2, 0.25) is 0 Å². The Labute approximate surface area is 124 Å². The van der Waals surface area contributed by atoms with Gasteiger partial charge >= 0.3 is 0 Å². The predicted octanol–water partition coefficient (Wildman–Crippen LogP) is 1.30. The first kappa shape index (κ1) is 15.2. The molecule has 0 aliphatic carbocycles. The first-order valence-electron chi connectivity index (χ1n) is 6.83. The molecule has 1 amide bonds. The Morgan fingerprint density at radius 1 is 1.38 bits per heavy atom. The van der Waals surface area contributed by atoms with E-state index in [0.717, 1.165) is 5.56 Å². The van der Waals surface area contributed by atoms with E-state index in [4.69, 9.17) is 0 Å². The van der Waals surface area contributed by atoms with Crippen LogP contribution in [0.4, 0.5) is 0 Å². The van der Waals surface area contributed by atoms with Crippen LogP contribution in [0, 0.1) is 6.92 Å². The fourth-order valence-electron chi connectivity index (χ4n) is 1.90. The number of amides is 1. The molecule has 0 aliphatic rings. The van der Waals surface area contributed by atoms with Crippen molar-refractivity contribution in [1.82, 2.24) is 19.9 Å². The summed E-state index contributed by atoms with van der Waals surface area (Å²) < 4.78 is 1.44. The fourth-order valence-corrected chi connectivity index (χ4v) is 1.90. The van der Waals surface area contributed by atoms with Crippen LogP contribution in [-0.4, -0.2) is 38.0 Å². The van der Waals surface area contributed by atoms with Crippen molar-refractivity contribution in [2.24, 2.45) is 0 Å². The highest BCUT2D eigenvalue weighted by molar-refractivity contribution is 5.75. The van der Waals surface area contributed by atoms with Gasteiger partial charge in [0.05, 0.1) is 12.3 Å². The van der Waals surface area contributed by atoms with Gasteiger partial charge in [-0.2, -0.15) is 0 Å². The van der Waals surface area contributed by atoms with Gasteiger partial charge in [0.15, 0.2) is 0 Å². The Morgan fingerprint density at radius 2 is 2.05 bits per heavy atom. The number of aliphatic hydroxyl groups is 1. The minimum Gasteiger partial charge on any atom is -0.387 e. The van der Waals surface area contributed by atoms with Crippen LogP contribution in [0.1, 0.15) is 29.8 Å². The quantitative estimate of drug-likeness (QED) is 0.900. The summed E-state index contributed by atoms with van der Waals surface area (Å²) in [5.41, 5.74) is 2.74. The van der Waals surface area contributed by atoms with Crippen molar-refractivity contribution in [3.8, 4) is 0 Å². The maximum absolute atomic E-state index is 12.1. The summed E-state index contributed by atoms with van der Waals surface area (Å²) in [5, 5.41) is 17.0. The Bertz CT molecular complexity index is 604. The molecule has 1 unspecified atom stereocenters. The minimum absolute atomic E-state index is 0.0578. The molecular weight excluding hydrogens is 268 g/mol. The monoisotopic (exact) mass is 288 g/mol. The van der Waals surface area contributed by atoms with Gasteiger partial charge in [-0.05, 0) is 19.4 Å². The van der Waals surface area contributed by atoms with Gasteiger partial charge in [0.1, 0.15) is 12.2 Å². The standard InChI is InChI=1S/C15H20N4O2/c1-11-4-6-13(7-5-11)8-18(3)15(21)10-19-9-14(12(2)20)16-17-19/h4-7,9,12,20H,8,10H2,1-3H3. The van der Waals surface area contributed by atoms with E-state index in [1.807, 2.05) is 31.2 Å². The maximum atomic E-state index is 12.1. The number of carbonyl (C=O) groups excluding carboxylic acids is 1. The number of aliphatic hydroxyl groups excluding tert-OH is 1. The normalized spacial score (nSPS) is 12.2. The second-order valence-electron chi connectivity index (χ2n) is 5.25. The second kappa shape index (κ2) is 6.49. The molecule has 0 spiro atoms. The van der Waals surface area contributed by atoms with Crippen LogP contribution >= 0.6 is 0 Å². The highest BCUT2D eigenvalue weighted by atomic mass is 16.3. The van der Waals surface area contributed by atoms with E-state index in [1.165, 1.54) is 10.2 Å². The molecule has 0 fully saturated rings. The highest BCUT2D eigenvalue weighted by Crippen LogP contribution is 2.08. The highest BCUT2D eigenvalue weighted by Gasteiger charge is 2.13.